The van der Waals surface area contributed by atoms with Gasteiger partial charge in [0.05, 0.1) is 22.8 Å². The summed E-state index contributed by atoms with van der Waals surface area (Å²) in [5.74, 6) is -0.448. The summed E-state index contributed by atoms with van der Waals surface area (Å²) in [6, 6.07) is 9.37. The van der Waals surface area contributed by atoms with E-state index in [0.717, 1.165) is 11.3 Å². The van der Waals surface area contributed by atoms with Crippen molar-refractivity contribution in [3.8, 4) is 5.75 Å². The van der Waals surface area contributed by atoms with Crippen molar-refractivity contribution in [3.63, 3.8) is 0 Å². The molecule has 0 saturated carbocycles. The van der Waals surface area contributed by atoms with Gasteiger partial charge in [0.1, 0.15) is 10.8 Å². The van der Waals surface area contributed by atoms with Gasteiger partial charge in [-0.25, -0.2) is 4.79 Å². The van der Waals surface area contributed by atoms with E-state index in [1.165, 1.54) is 11.8 Å². The van der Waals surface area contributed by atoms with E-state index < -0.39 is 23.9 Å². The number of allylic oxidation sites excluding steroid dienone is 1. The number of carbonyl (C=O) groups excluding carboxylic acids is 3. The summed E-state index contributed by atoms with van der Waals surface area (Å²) in [4.78, 5) is 37.1. The normalized spacial score (nSPS) is 11.5. The Labute approximate surface area is 216 Å². The average molecular weight is 530 g/mol. The highest BCUT2D eigenvalue weighted by Gasteiger charge is 2.26. The molecular formula is C24H27N5O5S2. The van der Waals surface area contributed by atoms with E-state index in [1.807, 2.05) is 41.8 Å². The summed E-state index contributed by atoms with van der Waals surface area (Å²) in [6.45, 7) is 9.49. The molecule has 3 aromatic rings. The summed E-state index contributed by atoms with van der Waals surface area (Å²) in [5.41, 5.74) is 5.92. The van der Waals surface area contributed by atoms with Crippen LogP contribution in [0.5, 0.6) is 5.75 Å². The highest BCUT2D eigenvalue weighted by Crippen LogP contribution is 2.34. The molecular weight excluding hydrogens is 502 g/mol. The summed E-state index contributed by atoms with van der Waals surface area (Å²) in [7, 11) is 0. The lowest BCUT2D eigenvalue weighted by atomic mass is 10.1. The van der Waals surface area contributed by atoms with Gasteiger partial charge in [-0.1, -0.05) is 36.0 Å². The van der Waals surface area contributed by atoms with Crippen LogP contribution in [0.3, 0.4) is 0 Å². The number of ether oxygens (including phenoxy) is 2. The zero-order valence-corrected chi connectivity index (χ0v) is 21.8. The van der Waals surface area contributed by atoms with E-state index in [4.69, 9.17) is 15.2 Å². The number of nitrogens with one attached hydrogen (secondary N) is 1. The monoisotopic (exact) mass is 529 g/mol. The molecule has 0 aliphatic rings. The summed E-state index contributed by atoms with van der Waals surface area (Å²) >= 11 is 2.11. The van der Waals surface area contributed by atoms with Gasteiger partial charge in [0.2, 0.25) is 5.91 Å². The molecule has 0 aliphatic heterocycles. The second-order valence-corrected chi connectivity index (χ2v) is 9.46. The molecule has 3 N–H and O–H groups in total. The number of anilines is 1. The maximum Gasteiger partial charge on any atom is 0.341 e. The fourth-order valence-electron chi connectivity index (χ4n) is 3.34. The largest absolute Gasteiger partial charge is 0.483 e. The molecule has 1 atom stereocenters. The molecule has 2 heterocycles. The van der Waals surface area contributed by atoms with Crippen LogP contribution in [0, 0.1) is 6.92 Å². The number of amides is 2. The minimum Gasteiger partial charge on any atom is -0.483 e. The van der Waals surface area contributed by atoms with Crippen LogP contribution in [-0.4, -0.2) is 44.9 Å². The number of thiophene rings is 1. The number of benzene rings is 1. The molecule has 2 amide bonds. The molecule has 190 valence electrons. The lowest BCUT2D eigenvalue weighted by Gasteiger charge is -2.15. The third-order valence-corrected chi connectivity index (χ3v) is 7.10. The molecule has 36 heavy (non-hydrogen) atoms. The van der Waals surface area contributed by atoms with Gasteiger partial charge in [-0.05, 0) is 38.5 Å². The first kappa shape index (κ1) is 27.0. The topological polar surface area (TPSA) is 138 Å². The van der Waals surface area contributed by atoms with Crippen LogP contribution in [0.25, 0.3) is 0 Å². The van der Waals surface area contributed by atoms with Gasteiger partial charge in [0, 0.05) is 6.54 Å². The number of aromatic nitrogens is 3. The minimum absolute atomic E-state index is 0.0195. The Hall–Kier alpha value is -3.64. The van der Waals surface area contributed by atoms with Crippen LogP contribution >= 0.6 is 23.1 Å². The quantitative estimate of drug-likeness (QED) is 0.204. The summed E-state index contributed by atoms with van der Waals surface area (Å²) in [5, 5.41) is 11.9. The van der Waals surface area contributed by atoms with Gasteiger partial charge in [0.25, 0.3) is 5.91 Å². The molecule has 10 nitrogen and oxygen atoms in total. The van der Waals surface area contributed by atoms with Crippen LogP contribution in [0.15, 0.2) is 48.1 Å². The standard InChI is InChI=1S/C24H27N5O5S2/c1-5-12-29-21(15(4)34-16-10-8-7-9-11-16)27-28-24(29)35-13-17(30)26-22-18(23(32)33-6-2)14(3)19(36-22)20(25)31/h5,7-11,15H,1,6,12-13H2,2-4H3,(H2,25,31)(H,26,30). The van der Waals surface area contributed by atoms with Crippen molar-refractivity contribution in [1.82, 2.24) is 14.8 Å². The van der Waals surface area contributed by atoms with Gasteiger partial charge in [-0.2, -0.15) is 0 Å². The fourth-order valence-corrected chi connectivity index (χ4v) is 5.16. The van der Waals surface area contributed by atoms with Crippen molar-refractivity contribution in [2.24, 2.45) is 5.73 Å². The second kappa shape index (κ2) is 12.4. The number of hydrogen-bond donors (Lipinski definition) is 2. The van der Waals surface area contributed by atoms with E-state index in [0.29, 0.717) is 28.8 Å². The lowest BCUT2D eigenvalue weighted by Crippen LogP contribution is -2.17. The van der Waals surface area contributed by atoms with E-state index in [2.05, 4.69) is 22.1 Å². The first-order chi connectivity index (χ1) is 17.3. The van der Waals surface area contributed by atoms with Crippen LogP contribution in [0.2, 0.25) is 0 Å². The van der Waals surface area contributed by atoms with Gasteiger partial charge < -0.3 is 20.5 Å². The molecule has 0 radical (unpaired) electrons. The highest BCUT2D eigenvalue weighted by molar-refractivity contribution is 7.99. The Balaban J connectivity index is 1.74. The number of para-hydroxylation sites is 1. The van der Waals surface area contributed by atoms with Crippen LogP contribution in [-0.2, 0) is 16.1 Å². The zero-order valence-electron chi connectivity index (χ0n) is 20.1. The third-order valence-electron chi connectivity index (χ3n) is 4.91. The lowest BCUT2D eigenvalue weighted by molar-refractivity contribution is -0.113. The van der Waals surface area contributed by atoms with Gasteiger partial charge in [-0.3, -0.25) is 14.2 Å². The van der Waals surface area contributed by atoms with Gasteiger partial charge >= 0.3 is 5.97 Å². The zero-order chi connectivity index (χ0) is 26.2. The number of thioether (sulfide) groups is 1. The number of nitrogens with two attached hydrogens (primary N) is 1. The van der Waals surface area contributed by atoms with Crippen LogP contribution in [0.1, 0.15) is 51.4 Å². The van der Waals surface area contributed by atoms with Crippen LogP contribution < -0.4 is 15.8 Å². The average Bonchev–Trinajstić information content (AvgIpc) is 3.39. The van der Waals surface area contributed by atoms with Crippen molar-refractivity contribution in [2.75, 3.05) is 17.7 Å². The summed E-state index contributed by atoms with van der Waals surface area (Å²) < 4.78 is 12.9. The van der Waals surface area contributed by atoms with E-state index >= 15 is 0 Å². The summed E-state index contributed by atoms with van der Waals surface area (Å²) in [6.07, 6.45) is 1.31. The number of esters is 1. The van der Waals surface area contributed by atoms with Crippen molar-refractivity contribution < 1.29 is 23.9 Å². The first-order valence-electron chi connectivity index (χ1n) is 11.0. The van der Waals surface area contributed by atoms with Gasteiger partial charge in [-0.15, -0.1) is 28.1 Å². The molecule has 0 saturated heterocycles. The Morgan fingerprint density at radius 1 is 1.28 bits per heavy atom. The van der Waals surface area contributed by atoms with E-state index in [1.54, 1.807) is 19.9 Å². The number of carbonyl (C=O) groups is 3. The Bertz CT molecular complexity index is 1260. The molecule has 0 bridgehead atoms. The maximum atomic E-state index is 12.8. The third kappa shape index (κ3) is 6.32. The van der Waals surface area contributed by atoms with Crippen molar-refractivity contribution in [2.45, 2.75) is 38.6 Å². The van der Waals surface area contributed by atoms with Crippen molar-refractivity contribution in [1.29, 1.82) is 0 Å². The molecule has 0 aliphatic carbocycles. The molecule has 3 rings (SSSR count). The number of nitrogens with zero attached hydrogens (tertiary/aromatic N) is 3. The SMILES string of the molecule is C=CCn1c(SCC(=O)Nc2sc(C(N)=O)c(C)c2C(=O)OCC)nnc1C(C)Oc1ccccc1. The van der Waals surface area contributed by atoms with Crippen LogP contribution in [0.4, 0.5) is 5.00 Å². The molecule has 1 aromatic carbocycles. The second-order valence-electron chi connectivity index (χ2n) is 7.50. The maximum absolute atomic E-state index is 12.8. The van der Waals surface area contributed by atoms with E-state index in [9.17, 15) is 14.4 Å². The highest BCUT2D eigenvalue weighted by atomic mass is 32.2. The number of rotatable bonds is 12. The minimum atomic E-state index is -0.685. The fraction of sp³-hybridized carbons (Fsp3) is 0.292. The molecule has 12 heteroatoms. The molecule has 0 fully saturated rings. The predicted molar refractivity (Wildman–Crippen MR) is 139 cm³/mol. The Morgan fingerprint density at radius 2 is 2.00 bits per heavy atom. The van der Waals surface area contributed by atoms with Crippen molar-refractivity contribution >= 4 is 45.9 Å². The number of hydrogen-bond acceptors (Lipinski definition) is 9. The molecule has 1 unspecified atom stereocenters. The number of primary amides is 1. The van der Waals surface area contributed by atoms with Gasteiger partial charge in [0.15, 0.2) is 17.1 Å². The predicted octanol–water partition coefficient (Wildman–Crippen LogP) is 3.98. The van der Waals surface area contributed by atoms with E-state index in [-0.39, 0.29) is 27.8 Å². The smallest absolute Gasteiger partial charge is 0.341 e. The molecule has 0 spiro atoms. The Kier molecular flexibility index (Phi) is 9.25. The first-order valence-corrected chi connectivity index (χ1v) is 12.9. The van der Waals surface area contributed by atoms with Crippen molar-refractivity contribution in [3.05, 3.63) is 64.8 Å². The Morgan fingerprint density at radius 3 is 2.64 bits per heavy atom. The molecule has 2 aromatic heterocycles.